The van der Waals surface area contributed by atoms with Gasteiger partial charge >= 0.3 is 5.97 Å². The van der Waals surface area contributed by atoms with Crippen LogP contribution < -0.4 is 4.90 Å². The topological polar surface area (TPSA) is 73.7 Å². The maximum Gasteiger partial charge on any atom is 0.340 e. The molecule has 0 atom stereocenters. The lowest BCUT2D eigenvalue weighted by Crippen LogP contribution is -2.29. The minimum atomic E-state index is -1.01. The van der Waals surface area contributed by atoms with Gasteiger partial charge in [0, 0.05) is 24.3 Å². The summed E-state index contributed by atoms with van der Waals surface area (Å²) in [5, 5.41) is 19.0. The maximum absolute atomic E-state index is 11.9. The lowest BCUT2D eigenvalue weighted by atomic mass is 9.95. The molecule has 5 heteroatoms. The third-order valence-electron chi connectivity index (χ3n) is 3.83. The number of likely N-dealkylation sites (N-methyl/N-ethyl adjacent to an activating group) is 1. The van der Waals surface area contributed by atoms with Gasteiger partial charge in [-0.05, 0) is 38.0 Å². The number of aromatic carboxylic acids is 1. The molecule has 5 nitrogen and oxygen atoms in total. The molecule has 0 radical (unpaired) electrons. The van der Waals surface area contributed by atoms with Crippen LogP contribution in [0.1, 0.15) is 28.5 Å². The Morgan fingerprint density at radius 2 is 1.91 bits per heavy atom. The van der Waals surface area contributed by atoms with Gasteiger partial charge in [-0.25, -0.2) is 9.78 Å². The fourth-order valence-corrected chi connectivity index (χ4v) is 2.72. The van der Waals surface area contributed by atoms with Gasteiger partial charge in [-0.1, -0.05) is 24.3 Å². The number of carbonyl (C=O) groups is 1. The van der Waals surface area contributed by atoms with E-state index in [4.69, 9.17) is 0 Å². The summed E-state index contributed by atoms with van der Waals surface area (Å²) in [6.07, 6.45) is 0. The number of carboxylic acids is 1. The molecule has 23 heavy (non-hydrogen) atoms. The largest absolute Gasteiger partial charge is 0.478 e. The Morgan fingerprint density at radius 3 is 2.48 bits per heavy atom. The quantitative estimate of drug-likeness (QED) is 0.857. The number of pyridine rings is 1. The molecule has 0 aliphatic heterocycles. The van der Waals surface area contributed by atoms with Gasteiger partial charge in [-0.2, -0.15) is 0 Å². The van der Waals surface area contributed by atoms with Crippen molar-refractivity contribution < 1.29 is 15.0 Å². The molecule has 0 unspecified atom stereocenters. The molecule has 0 saturated carbocycles. The fourth-order valence-electron chi connectivity index (χ4n) is 2.72. The van der Waals surface area contributed by atoms with E-state index in [1.54, 1.807) is 4.90 Å². The van der Waals surface area contributed by atoms with Crippen molar-refractivity contribution in [3.05, 3.63) is 47.2 Å². The molecule has 2 rings (SSSR count). The van der Waals surface area contributed by atoms with Gasteiger partial charge in [0.05, 0.1) is 6.61 Å². The standard InChI is InChI=1S/C18H22N2O3/c1-4-20(9-10-21)17-16(18(22)23)15(11-13(3)19-17)14-8-6-5-7-12(14)2/h5-8,11,21H,4,9-10H2,1-3H3,(H,22,23). The third kappa shape index (κ3) is 3.51. The van der Waals surface area contributed by atoms with E-state index in [0.717, 1.165) is 16.8 Å². The van der Waals surface area contributed by atoms with E-state index in [2.05, 4.69) is 4.98 Å². The van der Waals surface area contributed by atoms with Crippen molar-refractivity contribution in [2.75, 3.05) is 24.6 Å². The normalized spacial score (nSPS) is 10.6. The van der Waals surface area contributed by atoms with Crippen molar-refractivity contribution in [3.8, 4) is 11.1 Å². The van der Waals surface area contributed by atoms with Crippen molar-refractivity contribution in [1.29, 1.82) is 0 Å². The van der Waals surface area contributed by atoms with E-state index in [0.29, 0.717) is 24.5 Å². The van der Waals surface area contributed by atoms with E-state index in [1.165, 1.54) is 0 Å². The number of aromatic nitrogens is 1. The van der Waals surface area contributed by atoms with Crippen LogP contribution in [0.4, 0.5) is 5.82 Å². The zero-order valence-electron chi connectivity index (χ0n) is 13.7. The highest BCUT2D eigenvalue weighted by molar-refractivity contribution is 6.01. The Morgan fingerprint density at radius 1 is 1.22 bits per heavy atom. The molecule has 2 N–H and O–H groups in total. The van der Waals surface area contributed by atoms with Gasteiger partial charge in [0.15, 0.2) is 0 Å². The summed E-state index contributed by atoms with van der Waals surface area (Å²) < 4.78 is 0. The smallest absolute Gasteiger partial charge is 0.340 e. The predicted octanol–water partition coefficient (Wildman–Crippen LogP) is 2.88. The van der Waals surface area contributed by atoms with Gasteiger partial charge in [0.1, 0.15) is 11.4 Å². The number of aryl methyl sites for hydroxylation is 2. The van der Waals surface area contributed by atoms with E-state index < -0.39 is 5.97 Å². The SMILES string of the molecule is CCN(CCO)c1nc(C)cc(-c2ccccc2C)c1C(=O)O. The Balaban J connectivity index is 2.75. The second-order valence-corrected chi connectivity index (χ2v) is 5.43. The van der Waals surface area contributed by atoms with E-state index in [1.807, 2.05) is 51.1 Å². The molecule has 1 aromatic carbocycles. The summed E-state index contributed by atoms with van der Waals surface area (Å²) in [5.74, 6) is -0.602. The van der Waals surface area contributed by atoms with Gasteiger partial charge in [0.25, 0.3) is 0 Å². The monoisotopic (exact) mass is 314 g/mol. The van der Waals surface area contributed by atoms with Crippen LogP contribution in [0.3, 0.4) is 0 Å². The van der Waals surface area contributed by atoms with E-state index in [-0.39, 0.29) is 12.2 Å². The van der Waals surface area contributed by atoms with Crippen molar-refractivity contribution in [3.63, 3.8) is 0 Å². The molecule has 122 valence electrons. The second-order valence-electron chi connectivity index (χ2n) is 5.43. The third-order valence-corrected chi connectivity index (χ3v) is 3.83. The minimum absolute atomic E-state index is 0.0534. The van der Waals surface area contributed by atoms with Crippen LogP contribution in [-0.2, 0) is 0 Å². The van der Waals surface area contributed by atoms with Crippen molar-refractivity contribution in [2.24, 2.45) is 0 Å². The molecule has 0 bridgehead atoms. The average molecular weight is 314 g/mol. The molecule has 1 aromatic heterocycles. The molecule has 2 aromatic rings. The highest BCUT2D eigenvalue weighted by atomic mass is 16.4. The highest BCUT2D eigenvalue weighted by Crippen LogP contribution is 2.32. The van der Waals surface area contributed by atoms with Crippen molar-refractivity contribution in [2.45, 2.75) is 20.8 Å². The van der Waals surface area contributed by atoms with Crippen LogP contribution in [0.2, 0.25) is 0 Å². The number of hydrogen-bond donors (Lipinski definition) is 2. The molecule has 0 fully saturated rings. The Hall–Kier alpha value is -2.40. The molecule has 0 spiro atoms. The molecule has 0 saturated heterocycles. The van der Waals surface area contributed by atoms with Crippen molar-refractivity contribution in [1.82, 2.24) is 4.98 Å². The van der Waals surface area contributed by atoms with Gasteiger partial charge in [-0.3, -0.25) is 0 Å². The molecular formula is C18H22N2O3. The fraction of sp³-hybridized carbons (Fsp3) is 0.333. The van der Waals surface area contributed by atoms with Crippen LogP contribution in [0.25, 0.3) is 11.1 Å². The second kappa shape index (κ2) is 7.24. The minimum Gasteiger partial charge on any atom is -0.478 e. The summed E-state index contributed by atoms with van der Waals surface area (Å²) in [4.78, 5) is 18.2. The summed E-state index contributed by atoms with van der Waals surface area (Å²) >= 11 is 0. The summed E-state index contributed by atoms with van der Waals surface area (Å²) in [6, 6.07) is 9.51. The zero-order valence-corrected chi connectivity index (χ0v) is 13.7. The number of aliphatic hydroxyl groups excluding tert-OH is 1. The lowest BCUT2D eigenvalue weighted by Gasteiger charge is -2.24. The molecule has 0 aliphatic rings. The zero-order chi connectivity index (χ0) is 17.0. The van der Waals surface area contributed by atoms with Gasteiger partial charge in [0.2, 0.25) is 0 Å². The molecule has 1 heterocycles. The Bertz CT molecular complexity index is 713. The first-order valence-electron chi connectivity index (χ1n) is 7.66. The first-order valence-corrected chi connectivity index (χ1v) is 7.66. The number of rotatable bonds is 6. The highest BCUT2D eigenvalue weighted by Gasteiger charge is 2.23. The van der Waals surface area contributed by atoms with Gasteiger partial charge < -0.3 is 15.1 Å². The van der Waals surface area contributed by atoms with Crippen LogP contribution >= 0.6 is 0 Å². The van der Waals surface area contributed by atoms with Crippen LogP contribution in [0.15, 0.2) is 30.3 Å². The van der Waals surface area contributed by atoms with Crippen molar-refractivity contribution >= 4 is 11.8 Å². The Kier molecular flexibility index (Phi) is 5.34. The number of nitrogens with zero attached hydrogens (tertiary/aromatic N) is 2. The average Bonchev–Trinajstić information content (AvgIpc) is 2.51. The summed E-state index contributed by atoms with van der Waals surface area (Å²) in [6.45, 7) is 6.59. The predicted molar refractivity (Wildman–Crippen MR) is 91.1 cm³/mol. The van der Waals surface area contributed by atoms with E-state index in [9.17, 15) is 15.0 Å². The number of benzene rings is 1. The number of hydrogen-bond acceptors (Lipinski definition) is 4. The summed E-state index contributed by atoms with van der Waals surface area (Å²) in [7, 11) is 0. The first kappa shape index (κ1) is 17.0. The van der Waals surface area contributed by atoms with E-state index >= 15 is 0 Å². The summed E-state index contributed by atoms with van der Waals surface area (Å²) in [5.41, 5.74) is 3.49. The molecule has 0 aliphatic carbocycles. The number of anilines is 1. The molecular weight excluding hydrogens is 292 g/mol. The molecule has 0 amide bonds. The van der Waals surface area contributed by atoms with Crippen LogP contribution in [0.5, 0.6) is 0 Å². The Labute approximate surface area is 136 Å². The first-order chi connectivity index (χ1) is 11.0. The number of carboxylic acid groups (broad SMARTS) is 1. The lowest BCUT2D eigenvalue weighted by molar-refractivity contribution is 0.0698. The number of aliphatic hydroxyl groups is 1. The van der Waals surface area contributed by atoms with Crippen LogP contribution in [-0.4, -0.2) is 40.9 Å². The van der Waals surface area contributed by atoms with Gasteiger partial charge in [-0.15, -0.1) is 0 Å². The maximum atomic E-state index is 11.9. The van der Waals surface area contributed by atoms with Crippen LogP contribution in [0, 0.1) is 13.8 Å².